The van der Waals surface area contributed by atoms with Crippen LogP contribution in [0.4, 0.5) is 0 Å². The van der Waals surface area contributed by atoms with E-state index in [2.05, 4.69) is 5.32 Å². The smallest absolute Gasteiger partial charge is 0.224 e. The quantitative estimate of drug-likeness (QED) is 0.869. The van der Waals surface area contributed by atoms with Crippen molar-refractivity contribution in [2.24, 2.45) is 0 Å². The molecule has 4 heteroatoms. The van der Waals surface area contributed by atoms with Crippen LogP contribution in [0.2, 0.25) is 5.02 Å². The van der Waals surface area contributed by atoms with Crippen LogP contribution in [0.3, 0.4) is 0 Å². The molecule has 0 heterocycles. The van der Waals surface area contributed by atoms with Gasteiger partial charge in [0, 0.05) is 31.1 Å². The van der Waals surface area contributed by atoms with Crippen LogP contribution < -0.4 is 5.32 Å². The van der Waals surface area contributed by atoms with Crippen molar-refractivity contribution in [3.8, 4) is 0 Å². The summed E-state index contributed by atoms with van der Waals surface area (Å²) in [5.74, 6) is 0.153. The third kappa shape index (κ3) is 3.95. The van der Waals surface area contributed by atoms with Crippen molar-refractivity contribution in [2.45, 2.75) is 38.3 Å². The largest absolute Gasteiger partial charge is 0.339 e. The molecule has 1 unspecified atom stereocenters. The fraction of sp³-hybridized carbons (Fsp3) is 0.533. The highest BCUT2D eigenvalue weighted by Crippen LogP contribution is 2.26. The molecule has 1 fully saturated rings. The summed E-state index contributed by atoms with van der Waals surface area (Å²) in [6, 6.07) is 8.34. The molecule has 3 nitrogen and oxygen atoms in total. The Balaban J connectivity index is 1.88. The zero-order valence-corrected chi connectivity index (χ0v) is 12.3. The molecule has 0 radical (unpaired) electrons. The lowest BCUT2D eigenvalue weighted by atomic mass is 10.1. The number of carbonyl (C=O) groups excluding carboxylic acids is 1. The van der Waals surface area contributed by atoms with E-state index in [-0.39, 0.29) is 11.9 Å². The van der Waals surface area contributed by atoms with Crippen LogP contribution in [0.1, 0.15) is 37.8 Å². The number of rotatable bonds is 6. The predicted octanol–water partition coefficient (Wildman–Crippen LogP) is 3.00. The number of benzene rings is 1. The molecule has 1 saturated carbocycles. The van der Waals surface area contributed by atoms with Crippen molar-refractivity contribution in [2.75, 3.05) is 13.6 Å². The van der Waals surface area contributed by atoms with E-state index in [4.69, 9.17) is 11.6 Å². The first kappa shape index (κ1) is 14.4. The summed E-state index contributed by atoms with van der Waals surface area (Å²) in [6.07, 6.45) is 3.04. The van der Waals surface area contributed by atoms with Crippen LogP contribution >= 0.6 is 11.6 Å². The molecule has 104 valence electrons. The van der Waals surface area contributed by atoms with Gasteiger partial charge in [0.1, 0.15) is 0 Å². The second-order valence-electron chi connectivity index (χ2n) is 5.18. The van der Waals surface area contributed by atoms with Gasteiger partial charge in [-0.25, -0.2) is 0 Å². The fourth-order valence-corrected chi connectivity index (χ4v) is 2.38. The third-order valence-corrected chi connectivity index (χ3v) is 4.02. The van der Waals surface area contributed by atoms with E-state index >= 15 is 0 Å². The van der Waals surface area contributed by atoms with Gasteiger partial charge >= 0.3 is 0 Å². The van der Waals surface area contributed by atoms with Crippen LogP contribution in [0, 0.1) is 0 Å². The summed E-state index contributed by atoms with van der Waals surface area (Å²) in [5, 5.41) is 4.07. The fourth-order valence-electron chi connectivity index (χ4n) is 2.09. The zero-order chi connectivity index (χ0) is 13.8. The van der Waals surface area contributed by atoms with Crippen molar-refractivity contribution >= 4 is 17.5 Å². The Hall–Kier alpha value is -1.06. The molecule has 0 aliphatic heterocycles. The van der Waals surface area contributed by atoms with E-state index in [0.717, 1.165) is 12.1 Å². The van der Waals surface area contributed by atoms with Crippen LogP contribution in [-0.2, 0) is 4.79 Å². The van der Waals surface area contributed by atoms with Gasteiger partial charge in [-0.05, 0) is 31.4 Å². The van der Waals surface area contributed by atoms with E-state index in [0.29, 0.717) is 17.5 Å². The van der Waals surface area contributed by atoms with Crippen LogP contribution in [0.15, 0.2) is 24.3 Å². The molecule has 0 spiro atoms. The highest BCUT2D eigenvalue weighted by atomic mass is 35.5. The summed E-state index contributed by atoms with van der Waals surface area (Å²) in [6.45, 7) is 2.77. The molecular weight excluding hydrogens is 260 g/mol. The second kappa shape index (κ2) is 6.40. The molecule has 1 N–H and O–H groups in total. The van der Waals surface area contributed by atoms with Gasteiger partial charge in [-0.1, -0.05) is 29.8 Å². The highest BCUT2D eigenvalue weighted by Gasteiger charge is 2.22. The molecule has 1 atom stereocenters. The molecule has 1 aliphatic rings. The van der Waals surface area contributed by atoms with Crippen molar-refractivity contribution in [1.29, 1.82) is 0 Å². The molecule has 0 aromatic heterocycles. The maximum Gasteiger partial charge on any atom is 0.224 e. The minimum absolute atomic E-state index is 0.00197. The number of carbonyl (C=O) groups is 1. The van der Waals surface area contributed by atoms with Crippen molar-refractivity contribution < 1.29 is 4.79 Å². The Kier molecular flexibility index (Phi) is 4.83. The van der Waals surface area contributed by atoms with Crippen molar-refractivity contribution in [3.63, 3.8) is 0 Å². The Labute approximate surface area is 119 Å². The average molecular weight is 281 g/mol. The van der Waals surface area contributed by atoms with E-state index in [9.17, 15) is 4.79 Å². The summed E-state index contributed by atoms with van der Waals surface area (Å²) in [5.41, 5.74) is 0.996. The van der Waals surface area contributed by atoms with Gasteiger partial charge in [0.25, 0.3) is 0 Å². The number of hydrogen-bond acceptors (Lipinski definition) is 2. The number of halogens is 1. The van der Waals surface area contributed by atoms with Crippen molar-refractivity contribution in [3.05, 3.63) is 34.9 Å². The van der Waals surface area contributed by atoms with Crippen LogP contribution in [0.25, 0.3) is 0 Å². The first-order valence-corrected chi connectivity index (χ1v) is 7.21. The SMILES string of the molecule is CC(c1ccccc1Cl)N(C)C(=O)CCNC1CC1. The molecule has 2 rings (SSSR count). The first-order valence-electron chi connectivity index (χ1n) is 6.83. The molecule has 19 heavy (non-hydrogen) atoms. The van der Waals surface area contributed by atoms with Gasteiger partial charge in [0.15, 0.2) is 0 Å². The molecule has 1 aliphatic carbocycles. The minimum atomic E-state index is 0.00197. The number of amides is 1. The van der Waals surface area contributed by atoms with Gasteiger partial charge in [0.05, 0.1) is 6.04 Å². The number of nitrogens with one attached hydrogen (secondary N) is 1. The number of hydrogen-bond donors (Lipinski definition) is 1. The minimum Gasteiger partial charge on any atom is -0.339 e. The molecule has 1 aromatic rings. The maximum atomic E-state index is 12.1. The lowest BCUT2D eigenvalue weighted by Crippen LogP contribution is -2.32. The van der Waals surface area contributed by atoms with Gasteiger partial charge in [-0.3, -0.25) is 4.79 Å². The lowest BCUT2D eigenvalue weighted by molar-refractivity contribution is -0.131. The topological polar surface area (TPSA) is 32.3 Å². The van der Waals surface area contributed by atoms with E-state index < -0.39 is 0 Å². The summed E-state index contributed by atoms with van der Waals surface area (Å²) in [7, 11) is 1.84. The Morgan fingerprint density at radius 1 is 1.47 bits per heavy atom. The molecular formula is C15H21ClN2O. The normalized spacial score (nSPS) is 16.2. The summed E-state index contributed by atoms with van der Waals surface area (Å²) >= 11 is 6.17. The van der Waals surface area contributed by atoms with Gasteiger partial charge in [0.2, 0.25) is 5.91 Å². The van der Waals surface area contributed by atoms with Gasteiger partial charge in [-0.15, -0.1) is 0 Å². The Bertz CT molecular complexity index is 446. The Morgan fingerprint density at radius 2 is 2.16 bits per heavy atom. The molecule has 0 saturated heterocycles. The first-order chi connectivity index (χ1) is 9.09. The van der Waals surface area contributed by atoms with E-state index in [1.807, 2.05) is 38.2 Å². The molecule has 1 aromatic carbocycles. The Morgan fingerprint density at radius 3 is 2.79 bits per heavy atom. The van der Waals surface area contributed by atoms with E-state index in [1.165, 1.54) is 12.8 Å². The molecule has 0 bridgehead atoms. The summed E-state index contributed by atoms with van der Waals surface area (Å²) < 4.78 is 0. The number of nitrogens with zero attached hydrogens (tertiary/aromatic N) is 1. The monoisotopic (exact) mass is 280 g/mol. The highest BCUT2D eigenvalue weighted by molar-refractivity contribution is 6.31. The van der Waals surface area contributed by atoms with Crippen LogP contribution in [0.5, 0.6) is 0 Å². The standard InChI is InChI=1S/C15H21ClN2O/c1-11(13-5-3-4-6-14(13)16)18(2)15(19)9-10-17-12-7-8-12/h3-6,11-12,17H,7-10H2,1-2H3. The maximum absolute atomic E-state index is 12.1. The zero-order valence-electron chi connectivity index (χ0n) is 11.5. The van der Waals surface area contributed by atoms with Gasteiger partial charge < -0.3 is 10.2 Å². The average Bonchev–Trinajstić information content (AvgIpc) is 3.21. The van der Waals surface area contributed by atoms with Gasteiger partial charge in [-0.2, -0.15) is 0 Å². The summed E-state index contributed by atoms with van der Waals surface area (Å²) in [4.78, 5) is 13.9. The predicted molar refractivity (Wildman–Crippen MR) is 78.3 cm³/mol. The second-order valence-corrected chi connectivity index (χ2v) is 5.59. The lowest BCUT2D eigenvalue weighted by Gasteiger charge is -2.26. The van der Waals surface area contributed by atoms with Crippen molar-refractivity contribution in [1.82, 2.24) is 10.2 Å². The van der Waals surface area contributed by atoms with Crippen LogP contribution in [-0.4, -0.2) is 30.4 Å². The van der Waals surface area contributed by atoms with E-state index in [1.54, 1.807) is 4.90 Å². The third-order valence-electron chi connectivity index (χ3n) is 3.68. The molecule has 1 amide bonds.